The maximum Gasteiger partial charge on any atom is 0.319 e. The van der Waals surface area contributed by atoms with Crippen molar-refractivity contribution in [1.82, 2.24) is 14.9 Å². The van der Waals surface area contributed by atoms with E-state index in [0.29, 0.717) is 43.2 Å². The van der Waals surface area contributed by atoms with Crippen molar-refractivity contribution < 1.29 is 19.1 Å². The summed E-state index contributed by atoms with van der Waals surface area (Å²) in [7, 11) is 1.65. The van der Waals surface area contributed by atoms with Gasteiger partial charge in [-0.2, -0.15) is 0 Å². The Morgan fingerprint density at radius 1 is 1.14 bits per heavy atom. The first-order valence-electron chi connectivity index (χ1n) is 12.9. The second kappa shape index (κ2) is 12.8. The van der Waals surface area contributed by atoms with E-state index in [1.807, 2.05) is 59.6 Å². The minimum absolute atomic E-state index is 0.0550. The van der Waals surface area contributed by atoms with E-state index in [1.165, 1.54) is 0 Å². The van der Waals surface area contributed by atoms with Crippen LogP contribution in [0.2, 0.25) is 0 Å². The van der Waals surface area contributed by atoms with Crippen LogP contribution in [0.4, 0.5) is 16.2 Å². The van der Waals surface area contributed by atoms with Crippen molar-refractivity contribution >= 4 is 23.3 Å². The standard InChI is InChI=1S/C28H35N5O4/c1-3-4-15-29-28(35)31-27-24(33-17-6-10-26(33)34)8-5-9-25(27)37-18-7-16-32-19-23(30-20-32)21-11-13-22(36-2)14-12-21/h5,8-9,11-14,19-20H,3-4,6-7,10,15-18H2,1-2H3,(H2,29,31,35). The van der Waals surface area contributed by atoms with Gasteiger partial charge in [-0.25, -0.2) is 9.78 Å². The molecule has 2 N–H and O–H groups in total. The van der Waals surface area contributed by atoms with Crippen LogP contribution in [0.1, 0.15) is 39.0 Å². The van der Waals surface area contributed by atoms with Gasteiger partial charge in [-0.05, 0) is 55.7 Å². The number of amides is 3. The van der Waals surface area contributed by atoms with Crippen LogP contribution in [0.3, 0.4) is 0 Å². The van der Waals surface area contributed by atoms with E-state index in [9.17, 15) is 9.59 Å². The lowest BCUT2D eigenvalue weighted by atomic mass is 10.2. The summed E-state index contributed by atoms with van der Waals surface area (Å²) in [6.45, 7) is 4.47. The van der Waals surface area contributed by atoms with E-state index in [0.717, 1.165) is 49.2 Å². The first-order chi connectivity index (χ1) is 18.1. The van der Waals surface area contributed by atoms with Gasteiger partial charge in [-0.15, -0.1) is 0 Å². The molecule has 1 fully saturated rings. The number of unbranched alkanes of at least 4 members (excludes halogenated alkanes) is 1. The number of aryl methyl sites for hydroxylation is 1. The van der Waals surface area contributed by atoms with Crippen LogP contribution in [0.5, 0.6) is 11.5 Å². The van der Waals surface area contributed by atoms with Gasteiger partial charge in [0.2, 0.25) is 5.91 Å². The maximum atomic E-state index is 12.6. The first kappa shape index (κ1) is 26.1. The summed E-state index contributed by atoms with van der Waals surface area (Å²) >= 11 is 0. The van der Waals surface area contributed by atoms with Crippen LogP contribution in [0, 0.1) is 0 Å². The predicted octanol–water partition coefficient (Wildman–Crippen LogP) is 5.08. The number of para-hydroxylation sites is 1. The summed E-state index contributed by atoms with van der Waals surface area (Å²) in [4.78, 5) is 31.2. The van der Waals surface area contributed by atoms with Crippen LogP contribution >= 0.6 is 0 Å². The van der Waals surface area contributed by atoms with E-state index in [4.69, 9.17) is 9.47 Å². The second-order valence-corrected chi connectivity index (χ2v) is 8.96. The molecule has 0 bridgehead atoms. The van der Waals surface area contributed by atoms with Crippen LogP contribution in [-0.4, -0.2) is 48.3 Å². The number of benzene rings is 2. The van der Waals surface area contributed by atoms with Gasteiger partial charge in [0.25, 0.3) is 0 Å². The van der Waals surface area contributed by atoms with Gasteiger partial charge in [-0.3, -0.25) is 4.79 Å². The third-order valence-corrected chi connectivity index (χ3v) is 6.26. The first-order valence-corrected chi connectivity index (χ1v) is 12.9. The minimum Gasteiger partial charge on any atom is -0.497 e. The molecule has 1 aliphatic heterocycles. The van der Waals surface area contributed by atoms with Gasteiger partial charge >= 0.3 is 6.03 Å². The summed E-state index contributed by atoms with van der Waals surface area (Å²) in [5.74, 6) is 1.41. The molecule has 196 valence electrons. The maximum absolute atomic E-state index is 12.6. The highest BCUT2D eigenvalue weighted by atomic mass is 16.5. The molecular weight excluding hydrogens is 470 g/mol. The van der Waals surface area contributed by atoms with Crippen LogP contribution in [-0.2, 0) is 11.3 Å². The monoisotopic (exact) mass is 505 g/mol. The Morgan fingerprint density at radius 3 is 2.70 bits per heavy atom. The number of carbonyl (C=O) groups excluding carboxylic acids is 2. The Kier molecular flexibility index (Phi) is 9.02. The van der Waals surface area contributed by atoms with E-state index in [2.05, 4.69) is 22.5 Å². The Bertz CT molecular complexity index is 1190. The molecule has 0 atom stereocenters. The molecule has 0 spiro atoms. The topological polar surface area (TPSA) is 97.7 Å². The Morgan fingerprint density at radius 2 is 1.97 bits per heavy atom. The summed E-state index contributed by atoms with van der Waals surface area (Å²) < 4.78 is 13.4. The zero-order chi connectivity index (χ0) is 26.0. The fourth-order valence-corrected chi connectivity index (χ4v) is 4.25. The minimum atomic E-state index is -0.304. The predicted molar refractivity (Wildman–Crippen MR) is 144 cm³/mol. The molecule has 4 rings (SSSR count). The van der Waals surface area contributed by atoms with E-state index in [-0.39, 0.29) is 11.9 Å². The molecule has 0 unspecified atom stereocenters. The Balaban J connectivity index is 1.39. The molecule has 1 saturated heterocycles. The molecular formula is C28H35N5O4. The lowest BCUT2D eigenvalue weighted by Crippen LogP contribution is -2.31. The third kappa shape index (κ3) is 6.81. The van der Waals surface area contributed by atoms with Crippen LogP contribution < -0.4 is 25.0 Å². The van der Waals surface area contributed by atoms with Crippen molar-refractivity contribution in [2.45, 2.75) is 45.6 Å². The highest BCUT2D eigenvalue weighted by Gasteiger charge is 2.26. The number of urea groups is 1. The summed E-state index contributed by atoms with van der Waals surface area (Å²) in [5, 5.41) is 5.80. The van der Waals surface area contributed by atoms with Crippen molar-refractivity contribution in [2.24, 2.45) is 0 Å². The van der Waals surface area contributed by atoms with Crippen molar-refractivity contribution in [2.75, 3.05) is 37.0 Å². The number of hydrogen-bond acceptors (Lipinski definition) is 5. The Hall–Kier alpha value is -4.01. The van der Waals surface area contributed by atoms with Gasteiger partial charge in [0, 0.05) is 37.8 Å². The molecule has 0 saturated carbocycles. The number of aromatic nitrogens is 2. The molecule has 0 aliphatic carbocycles. The number of ether oxygens (including phenoxy) is 2. The molecule has 2 aromatic carbocycles. The van der Waals surface area contributed by atoms with Gasteiger partial charge in [0.15, 0.2) is 0 Å². The van der Waals surface area contributed by atoms with Crippen molar-refractivity contribution in [1.29, 1.82) is 0 Å². The number of methoxy groups -OCH3 is 1. The molecule has 1 aromatic heterocycles. The van der Waals surface area contributed by atoms with E-state index < -0.39 is 0 Å². The zero-order valence-corrected chi connectivity index (χ0v) is 21.5. The van der Waals surface area contributed by atoms with E-state index >= 15 is 0 Å². The summed E-state index contributed by atoms with van der Waals surface area (Å²) in [6, 6.07) is 13.0. The highest BCUT2D eigenvalue weighted by molar-refractivity contribution is 6.03. The van der Waals surface area contributed by atoms with Gasteiger partial charge in [-0.1, -0.05) is 19.4 Å². The lowest BCUT2D eigenvalue weighted by molar-refractivity contribution is -0.117. The van der Waals surface area contributed by atoms with Crippen LogP contribution in [0.25, 0.3) is 11.3 Å². The molecule has 37 heavy (non-hydrogen) atoms. The lowest BCUT2D eigenvalue weighted by Gasteiger charge is -2.22. The highest BCUT2D eigenvalue weighted by Crippen LogP contribution is 2.37. The molecule has 0 radical (unpaired) electrons. The number of nitrogens with one attached hydrogen (secondary N) is 2. The fraction of sp³-hybridized carbons (Fsp3) is 0.393. The second-order valence-electron chi connectivity index (χ2n) is 8.96. The van der Waals surface area contributed by atoms with Gasteiger partial charge in [0.1, 0.15) is 17.2 Å². The molecule has 2 heterocycles. The Labute approximate surface area is 217 Å². The molecule has 1 aliphatic rings. The number of carbonyl (C=O) groups is 2. The average Bonchev–Trinajstić information content (AvgIpc) is 3.56. The largest absolute Gasteiger partial charge is 0.497 e. The number of imidazole rings is 1. The van der Waals surface area contributed by atoms with Crippen molar-refractivity contribution in [3.63, 3.8) is 0 Å². The van der Waals surface area contributed by atoms with E-state index in [1.54, 1.807) is 12.0 Å². The van der Waals surface area contributed by atoms with Gasteiger partial charge < -0.3 is 29.6 Å². The number of anilines is 2. The molecule has 3 amide bonds. The summed E-state index contributed by atoms with van der Waals surface area (Å²) in [6.07, 6.45) is 7.77. The average molecular weight is 506 g/mol. The van der Waals surface area contributed by atoms with Crippen LogP contribution in [0.15, 0.2) is 55.0 Å². The molecule has 9 nitrogen and oxygen atoms in total. The normalized spacial score (nSPS) is 13.0. The number of nitrogens with zero attached hydrogens (tertiary/aromatic N) is 3. The zero-order valence-electron chi connectivity index (χ0n) is 21.5. The van der Waals surface area contributed by atoms with Gasteiger partial charge in [0.05, 0.1) is 31.4 Å². The number of hydrogen-bond donors (Lipinski definition) is 2. The third-order valence-electron chi connectivity index (χ3n) is 6.26. The van der Waals surface area contributed by atoms with Crippen molar-refractivity contribution in [3.8, 4) is 22.8 Å². The quantitative estimate of drug-likeness (QED) is 0.335. The summed E-state index contributed by atoms with van der Waals surface area (Å²) in [5.41, 5.74) is 3.12. The number of rotatable bonds is 12. The molecule has 3 aromatic rings. The van der Waals surface area contributed by atoms with Crippen molar-refractivity contribution in [3.05, 3.63) is 55.0 Å². The molecule has 9 heteroatoms. The SMILES string of the molecule is CCCCNC(=O)Nc1c(OCCCn2cnc(-c3ccc(OC)cc3)c2)cccc1N1CCCC1=O. The fourth-order valence-electron chi connectivity index (χ4n) is 4.25. The smallest absolute Gasteiger partial charge is 0.319 e.